The molecule has 7 heteroatoms. The fourth-order valence-electron chi connectivity index (χ4n) is 1.64. The number of carbonyl (C=O) groups is 1. The van der Waals surface area contributed by atoms with Crippen molar-refractivity contribution >= 4 is 27.3 Å². The van der Waals surface area contributed by atoms with Crippen LogP contribution in [0.1, 0.15) is 23.7 Å². The summed E-state index contributed by atoms with van der Waals surface area (Å²) in [5.74, 6) is -0.348. The third-order valence-electron chi connectivity index (χ3n) is 2.81. The molecule has 0 aromatic heterocycles. The van der Waals surface area contributed by atoms with E-state index in [0.717, 1.165) is 12.7 Å². The molecule has 0 aliphatic carbocycles. The van der Waals surface area contributed by atoms with Gasteiger partial charge in [-0.15, -0.1) is 0 Å². The molecule has 0 bridgehead atoms. The van der Waals surface area contributed by atoms with Crippen LogP contribution in [0, 0.1) is 0 Å². The van der Waals surface area contributed by atoms with E-state index >= 15 is 0 Å². The normalized spacial score (nSPS) is 13.0. The lowest BCUT2D eigenvalue weighted by molar-refractivity contribution is 0.0894. The van der Waals surface area contributed by atoms with Crippen molar-refractivity contribution in [2.45, 2.75) is 24.3 Å². The summed E-state index contributed by atoms with van der Waals surface area (Å²) in [5.41, 5.74) is 0.244. The lowest BCUT2D eigenvalue weighted by atomic mass is 10.1. The smallest absolute Gasteiger partial charge is 0.253 e. The molecule has 1 unspecified atom stereocenters. The summed E-state index contributed by atoms with van der Waals surface area (Å²) in [6.45, 7) is 2.33. The number of sulfone groups is 1. The van der Waals surface area contributed by atoms with Gasteiger partial charge in [0.05, 0.1) is 28.1 Å². The Balaban J connectivity index is 2.95. The van der Waals surface area contributed by atoms with Crippen molar-refractivity contribution in [3.05, 3.63) is 28.8 Å². The molecule has 1 amide bonds. The van der Waals surface area contributed by atoms with Gasteiger partial charge in [0, 0.05) is 13.4 Å². The summed E-state index contributed by atoms with van der Waals surface area (Å²) in [7, 11) is -1.78. The molecule has 0 heterocycles. The van der Waals surface area contributed by atoms with Crippen molar-refractivity contribution in [3.63, 3.8) is 0 Å². The van der Waals surface area contributed by atoms with Crippen molar-refractivity contribution in [1.29, 1.82) is 0 Å². The van der Waals surface area contributed by atoms with E-state index in [4.69, 9.17) is 16.3 Å². The summed E-state index contributed by atoms with van der Waals surface area (Å²) < 4.78 is 27.8. The van der Waals surface area contributed by atoms with Gasteiger partial charge in [-0.05, 0) is 24.6 Å². The summed E-state index contributed by atoms with van der Waals surface area (Å²) in [4.78, 5) is 12.2. The highest BCUT2D eigenvalue weighted by molar-refractivity contribution is 7.90. The fourth-order valence-corrected chi connectivity index (χ4v) is 2.61. The third-order valence-corrected chi connectivity index (χ3v) is 4.23. The van der Waals surface area contributed by atoms with Gasteiger partial charge in [0.15, 0.2) is 9.84 Å². The van der Waals surface area contributed by atoms with Crippen LogP contribution in [0.4, 0.5) is 0 Å². The van der Waals surface area contributed by atoms with Gasteiger partial charge in [0.1, 0.15) is 0 Å². The molecule has 5 nitrogen and oxygen atoms in total. The number of hydrogen-bond acceptors (Lipinski definition) is 4. The van der Waals surface area contributed by atoms with Crippen molar-refractivity contribution in [2.75, 3.05) is 20.0 Å². The molecule has 0 aliphatic rings. The van der Waals surface area contributed by atoms with Crippen LogP contribution in [0.5, 0.6) is 0 Å². The SMILES string of the molecule is CCC(COC)NC(=O)c1ccc(S(C)(=O)=O)cc1Cl. The van der Waals surface area contributed by atoms with Crippen LogP contribution < -0.4 is 5.32 Å². The molecule has 0 radical (unpaired) electrons. The minimum Gasteiger partial charge on any atom is -0.383 e. The Morgan fingerprint density at radius 2 is 2.10 bits per heavy atom. The maximum Gasteiger partial charge on any atom is 0.253 e. The molecule has 0 saturated carbocycles. The summed E-state index contributed by atoms with van der Waals surface area (Å²) in [6, 6.07) is 3.95. The highest BCUT2D eigenvalue weighted by Crippen LogP contribution is 2.21. The molecule has 0 aliphatic heterocycles. The number of rotatable bonds is 6. The van der Waals surface area contributed by atoms with Gasteiger partial charge in [0.25, 0.3) is 5.91 Å². The molecule has 1 N–H and O–H groups in total. The predicted molar refractivity (Wildman–Crippen MR) is 78.0 cm³/mol. The first-order valence-corrected chi connectivity index (χ1v) is 8.36. The number of methoxy groups -OCH3 is 1. The van der Waals surface area contributed by atoms with Crippen molar-refractivity contribution in [1.82, 2.24) is 5.32 Å². The Kier molecular flexibility index (Phi) is 5.98. The van der Waals surface area contributed by atoms with E-state index in [1.54, 1.807) is 7.11 Å². The average Bonchev–Trinajstić information content (AvgIpc) is 2.36. The Hall–Kier alpha value is -1.11. The van der Waals surface area contributed by atoms with Crippen LogP contribution in [-0.4, -0.2) is 40.3 Å². The molecule has 1 atom stereocenters. The van der Waals surface area contributed by atoms with Crippen LogP contribution in [0.3, 0.4) is 0 Å². The van der Waals surface area contributed by atoms with Gasteiger partial charge < -0.3 is 10.1 Å². The zero-order chi connectivity index (χ0) is 15.3. The maximum absolute atomic E-state index is 12.1. The van der Waals surface area contributed by atoms with Crippen molar-refractivity contribution < 1.29 is 17.9 Å². The molecule has 112 valence electrons. The summed E-state index contributed by atoms with van der Waals surface area (Å²) in [5, 5.41) is 2.89. The molecule has 20 heavy (non-hydrogen) atoms. The van der Waals surface area contributed by atoms with E-state index in [-0.39, 0.29) is 27.4 Å². The minimum absolute atomic E-state index is 0.0861. The molecular formula is C13H18ClNO4S. The number of carbonyl (C=O) groups excluding carboxylic acids is 1. The maximum atomic E-state index is 12.1. The van der Waals surface area contributed by atoms with E-state index in [2.05, 4.69) is 5.32 Å². The summed E-state index contributed by atoms with van der Waals surface area (Å²) >= 11 is 5.98. The zero-order valence-corrected chi connectivity index (χ0v) is 13.2. The lowest BCUT2D eigenvalue weighted by Crippen LogP contribution is -2.37. The molecule has 0 fully saturated rings. The first-order valence-electron chi connectivity index (χ1n) is 6.09. The first-order chi connectivity index (χ1) is 9.29. The number of amides is 1. The summed E-state index contributed by atoms with van der Waals surface area (Å²) in [6.07, 6.45) is 1.81. The van der Waals surface area contributed by atoms with Crippen LogP contribution in [0.2, 0.25) is 5.02 Å². The highest BCUT2D eigenvalue weighted by atomic mass is 35.5. The Morgan fingerprint density at radius 3 is 2.55 bits per heavy atom. The topological polar surface area (TPSA) is 72.5 Å². The second kappa shape index (κ2) is 7.06. The highest BCUT2D eigenvalue weighted by Gasteiger charge is 2.17. The Labute approximate surface area is 124 Å². The average molecular weight is 320 g/mol. The first kappa shape index (κ1) is 16.9. The standard InChI is InChI=1S/C13H18ClNO4S/c1-4-9(8-19-2)15-13(16)11-6-5-10(7-12(11)14)20(3,17)18/h5-7,9H,4,8H2,1-3H3,(H,15,16). The van der Waals surface area contributed by atoms with Crippen LogP contribution in [0.15, 0.2) is 23.1 Å². The zero-order valence-electron chi connectivity index (χ0n) is 11.6. The third kappa shape index (κ3) is 4.47. The predicted octanol–water partition coefficient (Wildman–Crippen LogP) is 1.90. The van der Waals surface area contributed by atoms with E-state index in [1.165, 1.54) is 18.2 Å². The van der Waals surface area contributed by atoms with Gasteiger partial charge in [-0.2, -0.15) is 0 Å². The van der Waals surface area contributed by atoms with E-state index in [0.29, 0.717) is 6.61 Å². The number of hydrogen-bond donors (Lipinski definition) is 1. The molecule has 0 saturated heterocycles. The second-order valence-electron chi connectivity index (χ2n) is 4.45. The second-order valence-corrected chi connectivity index (χ2v) is 6.87. The van der Waals surface area contributed by atoms with E-state index < -0.39 is 9.84 Å². The molecule has 1 aromatic carbocycles. The van der Waals surface area contributed by atoms with Crippen molar-refractivity contribution in [3.8, 4) is 0 Å². The van der Waals surface area contributed by atoms with Gasteiger partial charge in [-0.3, -0.25) is 4.79 Å². The monoisotopic (exact) mass is 319 g/mol. The Bertz CT molecular complexity index is 586. The van der Waals surface area contributed by atoms with Gasteiger partial charge in [-0.25, -0.2) is 8.42 Å². The van der Waals surface area contributed by atoms with E-state index in [9.17, 15) is 13.2 Å². The van der Waals surface area contributed by atoms with Crippen LogP contribution in [0.25, 0.3) is 0 Å². The van der Waals surface area contributed by atoms with E-state index in [1.807, 2.05) is 6.92 Å². The van der Waals surface area contributed by atoms with Gasteiger partial charge in [0.2, 0.25) is 0 Å². The van der Waals surface area contributed by atoms with Crippen LogP contribution >= 0.6 is 11.6 Å². The number of nitrogens with one attached hydrogen (secondary N) is 1. The van der Waals surface area contributed by atoms with Crippen molar-refractivity contribution in [2.24, 2.45) is 0 Å². The molecule has 0 spiro atoms. The number of halogens is 1. The van der Waals surface area contributed by atoms with Gasteiger partial charge in [-0.1, -0.05) is 18.5 Å². The Morgan fingerprint density at radius 1 is 1.45 bits per heavy atom. The van der Waals surface area contributed by atoms with Crippen LogP contribution in [-0.2, 0) is 14.6 Å². The molecule has 1 rings (SSSR count). The van der Waals surface area contributed by atoms with Gasteiger partial charge >= 0.3 is 0 Å². The largest absolute Gasteiger partial charge is 0.383 e. The minimum atomic E-state index is -3.34. The quantitative estimate of drug-likeness (QED) is 0.869. The molecular weight excluding hydrogens is 302 g/mol. The lowest BCUT2D eigenvalue weighted by Gasteiger charge is -2.16. The number of benzene rings is 1. The molecule has 1 aromatic rings. The fraction of sp³-hybridized carbons (Fsp3) is 0.462. The number of ether oxygens (including phenoxy) is 1.